The molecule has 2 nitrogen and oxygen atoms in total. The summed E-state index contributed by atoms with van der Waals surface area (Å²) in [6.07, 6.45) is 26.9. The van der Waals surface area contributed by atoms with E-state index in [0.29, 0.717) is 0 Å². The smallest absolute Gasteiger partial charge is 0.136 e. The Morgan fingerprint density at radius 2 is 0.690 bits per heavy atom. The summed E-state index contributed by atoms with van der Waals surface area (Å²) in [5, 5.41) is 4.69. The fourth-order valence-corrected chi connectivity index (χ4v) is 6.72. The first-order valence-electron chi connectivity index (χ1n) is 17.6. The molecule has 0 N–H and O–H groups in total. The van der Waals surface area contributed by atoms with Crippen LogP contribution >= 0.6 is 0 Å². The summed E-state index contributed by atoms with van der Waals surface area (Å²) in [5.74, 6) is 0. The largest absolute Gasteiger partial charge is 0.456 e. The third-order valence-electron chi connectivity index (χ3n) is 9.33. The first-order valence-corrected chi connectivity index (χ1v) is 17.6. The molecular weight excluding hydrogens is 512 g/mol. The fraction of sp³-hybridized carbons (Fsp3) is 0.550. The van der Waals surface area contributed by atoms with E-state index in [1.807, 2.05) is 0 Å². The Kier molecular flexibility index (Phi) is 11.8. The van der Waals surface area contributed by atoms with E-state index in [9.17, 15) is 0 Å². The van der Waals surface area contributed by atoms with Crippen LogP contribution < -0.4 is 0 Å². The molecule has 0 saturated heterocycles. The highest BCUT2D eigenvalue weighted by Gasteiger charge is 2.14. The monoisotopic (exact) mass is 566 g/mol. The summed E-state index contributed by atoms with van der Waals surface area (Å²) in [5.41, 5.74) is 6.69. The van der Waals surface area contributed by atoms with Crippen LogP contribution in [0, 0.1) is 0 Å². The van der Waals surface area contributed by atoms with Crippen molar-refractivity contribution in [2.45, 2.75) is 142 Å². The van der Waals surface area contributed by atoms with Crippen LogP contribution in [0.25, 0.3) is 43.9 Å². The highest BCUT2D eigenvalue weighted by Crippen LogP contribution is 2.37. The highest BCUT2D eigenvalue weighted by atomic mass is 16.3. The molecule has 3 aromatic carbocycles. The first-order chi connectivity index (χ1) is 20.8. The standard InChI is InChI=1S/C40H54O2/c1-3-5-7-9-11-13-15-17-19-21-31-23-25-33-35-29-40-36(30-39(35)41-37(33)27-31)34-26-24-32(28-38(34)42-40)22-20-18-16-14-12-10-8-6-4-2/h23-30H,3-22H2,1-2H3. The van der Waals surface area contributed by atoms with Crippen molar-refractivity contribution < 1.29 is 8.83 Å². The van der Waals surface area contributed by atoms with Crippen molar-refractivity contribution in [3.05, 3.63) is 59.7 Å². The van der Waals surface area contributed by atoms with Crippen molar-refractivity contribution in [3.8, 4) is 0 Å². The Hall–Kier alpha value is -2.74. The maximum Gasteiger partial charge on any atom is 0.136 e. The first kappa shape index (κ1) is 30.7. The number of hydrogen-bond acceptors (Lipinski definition) is 2. The van der Waals surface area contributed by atoms with E-state index in [0.717, 1.165) is 45.9 Å². The van der Waals surface area contributed by atoms with Crippen molar-refractivity contribution in [2.75, 3.05) is 0 Å². The molecule has 0 radical (unpaired) electrons. The number of unbranched alkanes of at least 4 members (excludes halogenated alkanes) is 16. The van der Waals surface area contributed by atoms with E-state index >= 15 is 0 Å². The molecule has 0 amide bonds. The quantitative estimate of drug-likeness (QED) is 0.0876. The van der Waals surface area contributed by atoms with Gasteiger partial charge in [0, 0.05) is 21.5 Å². The van der Waals surface area contributed by atoms with Gasteiger partial charge < -0.3 is 8.83 Å². The molecule has 2 heteroatoms. The third kappa shape index (κ3) is 8.21. The van der Waals surface area contributed by atoms with Gasteiger partial charge in [-0.25, -0.2) is 0 Å². The average Bonchev–Trinajstić information content (AvgIpc) is 3.54. The second-order valence-electron chi connectivity index (χ2n) is 12.9. The molecule has 5 aromatic rings. The van der Waals surface area contributed by atoms with Crippen LogP contribution in [0.2, 0.25) is 0 Å². The predicted octanol–water partition coefficient (Wildman–Crippen LogP) is 13.6. The number of hydrogen-bond donors (Lipinski definition) is 0. The van der Waals surface area contributed by atoms with Crippen LogP contribution in [-0.4, -0.2) is 0 Å². The van der Waals surface area contributed by atoms with E-state index in [1.165, 1.54) is 137 Å². The maximum absolute atomic E-state index is 6.41. The highest BCUT2D eigenvalue weighted by molar-refractivity contribution is 6.14. The van der Waals surface area contributed by atoms with Crippen LogP contribution in [0.15, 0.2) is 57.4 Å². The molecule has 2 aromatic heterocycles. The SMILES string of the molecule is CCCCCCCCCCCc1ccc2c(c1)oc1cc3c(cc12)oc1cc(CCCCCCCCCCC)ccc13. The molecule has 0 aliphatic heterocycles. The lowest BCUT2D eigenvalue weighted by Crippen LogP contribution is -1.86. The van der Waals surface area contributed by atoms with Crippen LogP contribution in [0.3, 0.4) is 0 Å². The van der Waals surface area contributed by atoms with Gasteiger partial charge in [0.05, 0.1) is 0 Å². The van der Waals surface area contributed by atoms with Gasteiger partial charge in [0.1, 0.15) is 22.3 Å². The van der Waals surface area contributed by atoms with Gasteiger partial charge in [0.2, 0.25) is 0 Å². The van der Waals surface area contributed by atoms with Gasteiger partial charge in [-0.15, -0.1) is 0 Å². The van der Waals surface area contributed by atoms with E-state index in [2.05, 4.69) is 62.4 Å². The molecule has 0 aliphatic rings. The van der Waals surface area contributed by atoms with Crippen LogP contribution in [0.4, 0.5) is 0 Å². The van der Waals surface area contributed by atoms with Gasteiger partial charge in [-0.3, -0.25) is 0 Å². The molecule has 0 aliphatic carbocycles. The molecule has 5 rings (SSSR count). The minimum Gasteiger partial charge on any atom is -0.456 e. The molecule has 226 valence electrons. The van der Waals surface area contributed by atoms with Crippen LogP contribution in [-0.2, 0) is 12.8 Å². The summed E-state index contributed by atoms with van der Waals surface area (Å²) >= 11 is 0. The van der Waals surface area contributed by atoms with E-state index in [4.69, 9.17) is 8.83 Å². The van der Waals surface area contributed by atoms with E-state index in [-0.39, 0.29) is 0 Å². The summed E-state index contributed by atoms with van der Waals surface area (Å²) < 4.78 is 12.8. The van der Waals surface area contributed by atoms with E-state index < -0.39 is 0 Å². The molecule has 2 heterocycles. The molecule has 42 heavy (non-hydrogen) atoms. The van der Waals surface area contributed by atoms with Gasteiger partial charge in [0.15, 0.2) is 0 Å². The predicted molar refractivity (Wildman–Crippen MR) is 183 cm³/mol. The van der Waals surface area contributed by atoms with Crippen LogP contribution in [0.5, 0.6) is 0 Å². The van der Waals surface area contributed by atoms with Gasteiger partial charge in [-0.2, -0.15) is 0 Å². The van der Waals surface area contributed by atoms with Crippen LogP contribution in [0.1, 0.15) is 141 Å². The van der Waals surface area contributed by atoms with Gasteiger partial charge in [-0.1, -0.05) is 141 Å². The zero-order valence-corrected chi connectivity index (χ0v) is 26.6. The Morgan fingerprint density at radius 3 is 1.07 bits per heavy atom. The lowest BCUT2D eigenvalue weighted by molar-refractivity contribution is 0.565. The molecule has 0 bridgehead atoms. The Bertz CT molecular complexity index is 1400. The molecule has 0 spiro atoms. The summed E-state index contributed by atoms with van der Waals surface area (Å²) in [6.45, 7) is 4.58. The number of fused-ring (bicyclic) bond motifs is 6. The Balaban J connectivity index is 1.15. The normalized spacial score (nSPS) is 12.0. The summed E-state index contributed by atoms with van der Waals surface area (Å²) in [6, 6.07) is 18.0. The third-order valence-corrected chi connectivity index (χ3v) is 9.33. The van der Waals surface area contributed by atoms with Crippen molar-refractivity contribution in [1.29, 1.82) is 0 Å². The second kappa shape index (κ2) is 16.2. The number of furan rings is 2. The van der Waals surface area contributed by atoms with Crippen molar-refractivity contribution in [2.24, 2.45) is 0 Å². The topological polar surface area (TPSA) is 26.3 Å². The molecule has 0 fully saturated rings. The number of benzene rings is 3. The average molecular weight is 567 g/mol. The number of rotatable bonds is 20. The number of aryl methyl sites for hydroxylation is 2. The summed E-state index contributed by atoms with van der Waals surface area (Å²) in [4.78, 5) is 0. The Labute approximate surface area is 254 Å². The maximum atomic E-state index is 6.41. The van der Waals surface area contributed by atoms with Crippen molar-refractivity contribution >= 4 is 43.9 Å². The minimum atomic E-state index is 0.958. The van der Waals surface area contributed by atoms with Crippen molar-refractivity contribution in [3.63, 3.8) is 0 Å². The van der Waals surface area contributed by atoms with Gasteiger partial charge in [0.25, 0.3) is 0 Å². The van der Waals surface area contributed by atoms with Gasteiger partial charge in [-0.05, 0) is 61.1 Å². The molecular formula is C40H54O2. The zero-order valence-electron chi connectivity index (χ0n) is 26.6. The molecule has 0 saturated carbocycles. The lowest BCUT2D eigenvalue weighted by Gasteiger charge is -2.03. The Morgan fingerprint density at radius 1 is 0.357 bits per heavy atom. The van der Waals surface area contributed by atoms with Crippen molar-refractivity contribution in [1.82, 2.24) is 0 Å². The minimum absolute atomic E-state index is 0.958. The zero-order chi connectivity index (χ0) is 29.0. The van der Waals surface area contributed by atoms with E-state index in [1.54, 1.807) is 0 Å². The summed E-state index contributed by atoms with van der Waals surface area (Å²) in [7, 11) is 0. The molecule has 0 atom stereocenters. The van der Waals surface area contributed by atoms with Gasteiger partial charge >= 0.3 is 0 Å². The molecule has 0 unspecified atom stereocenters. The second-order valence-corrected chi connectivity index (χ2v) is 12.9. The lowest BCUT2D eigenvalue weighted by atomic mass is 10.0. The fourth-order valence-electron chi connectivity index (χ4n) is 6.72.